The van der Waals surface area contributed by atoms with Crippen LogP contribution in [0.3, 0.4) is 0 Å². The molecule has 0 aliphatic heterocycles. The van der Waals surface area contributed by atoms with Crippen molar-refractivity contribution in [2.24, 2.45) is 0 Å². The third-order valence-electron chi connectivity index (χ3n) is 6.06. The zero-order valence-electron chi connectivity index (χ0n) is 19.7. The Labute approximate surface area is 192 Å². The van der Waals surface area contributed by atoms with Crippen molar-refractivity contribution in [2.75, 3.05) is 24.5 Å². The van der Waals surface area contributed by atoms with Crippen molar-refractivity contribution >= 4 is 28.2 Å². The molecular formula is C25H31N5O3. The van der Waals surface area contributed by atoms with E-state index < -0.39 is 6.04 Å². The smallest absolute Gasteiger partial charge is 0.291 e. The lowest BCUT2D eigenvalue weighted by Crippen LogP contribution is -2.40. The van der Waals surface area contributed by atoms with Gasteiger partial charge in [0.2, 0.25) is 5.91 Å². The van der Waals surface area contributed by atoms with E-state index in [-0.39, 0.29) is 11.5 Å². The highest BCUT2D eigenvalue weighted by Gasteiger charge is 2.23. The van der Waals surface area contributed by atoms with Crippen molar-refractivity contribution in [3.63, 3.8) is 0 Å². The van der Waals surface area contributed by atoms with Crippen LogP contribution in [0, 0.1) is 13.8 Å². The molecule has 0 aliphatic rings. The number of rotatable bonds is 9. The van der Waals surface area contributed by atoms with Crippen molar-refractivity contribution in [1.82, 2.24) is 19.5 Å². The molecule has 1 atom stereocenters. The Kier molecular flexibility index (Phi) is 6.53. The zero-order valence-corrected chi connectivity index (χ0v) is 19.7. The molecule has 33 heavy (non-hydrogen) atoms. The van der Waals surface area contributed by atoms with Gasteiger partial charge in [-0.05, 0) is 51.3 Å². The lowest BCUT2D eigenvalue weighted by molar-refractivity contribution is -0.124. The van der Waals surface area contributed by atoms with E-state index in [1.807, 2.05) is 13.8 Å². The van der Waals surface area contributed by atoms with Crippen molar-refractivity contribution < 1.29 is 9.21 Å². The molecule has 3 heterocycles. The fourth-order valence-corrected chi connectivity index (χ4v) is 4.37. The fourth-order valence-electron chi connectivity index (χ4n) is 4.37. The van der Waals surface area contributed by atoms with Gasteiger partial charge in [-0.2, -0.15) is 5.10 Å². The molecule has 1 N–H and O–H groups in total. The van der Waals surface area contributed by atoms with E-state index in [2.05, 4.69) is 53.4 Å². The van der Waals surface area contributed by atoms with Gasteiger partial charge in [-0.3, -0.25) is 14.0 Å². The van der Waals surface area contributed by atoms with E-state index in [1.165, 1.54) is 15.9 Å². The Balaban J connectivity index is 1.44. The van der Waals surface area contributed by atoms with Gasteiger partial charge in [0.1, 0.15) is 17.4 Å². The number of nitrogens with zero attached hydrogens (tertiary/aromatic N) is 4. The highest BCUT2D eigenvalue weighted by Crippen LogP contribution is 2.21. The Morgan fingerprint density at radius 3 is 2.73 bits per heavy atom. The number of furan rings is 1. The number of benzene rings is 1. The number of aromatic nitrogens is 3. The van der Waals surface area contributed by atoms with Gasteiger partial charge in [-0.1, -0.05) is 19.1 Å². The second kappa shape index (κ2) is 9.52. The van der Waals surface area contributed by atoms with E-state index in [9.17, 15) is 9.59 Å². The number of carbonyl (C=O) groups excluding carboxylic acids is 1. The van der Waals surface area contributed by atoms with E-state index in [4.69, 9.17) is 4.42 Å². The first-order chi connectivity index (χ1) is 15.9. The van der Waals surface area contributed by atoms with Crippen molar-refractivity contribution in [2.45, 2.75) is 46.6 Å². The summed E-state index contributed by atoms with van der Waals surface area (Å²) in [6.45, 7) is 10.2. The number of hydrogen-bond acceptors (Lipinski definition) is 5. The van der Waals surface area contributed by atoms with Crippen LogP contribution in [-0.2, 0) is 4.79 Å². The minimum absolute atomic E-state index is 0.190. The van der Waals surface area contributed by atoms with Gasteiger partial charge in [0.15, 0.2) is 5.58 Å². The molecule has 0 saturated carbocycles. The summed E-state index contributed by atoms with van der Waals surface area (Å²) in [5.41, 5.74) is 4.00. The Bertz CT molecular complexity index is 1330. The molecule has 0 radical (unpaired) electrons. The number of aryl methyl sites for hydroxylation is 2. The van der Waals surface area contributed by atoms with Crippen molar-refractivity contribution in [3.05, 3.63) is 64.4 Å². The Hall–Kier alpha value is -3.55. The van der Waals surface area contributed by atoms with Gasteiger partial charge in [0.05, 0.1) is 11.8 Å². The Morgan fingerprint density at radius 2 is 2.00 bits per heavy atom. The van der Waals surface area contributed by atoms with Crippen LogP contribution in [0.15, 0.2) is 51.9 Å². The second-order valence-corrected chi connectivity index (χ2v) is 8.32. The summed E-state index contributed by atoms with van der Waals surface area (Å²) in [4.78, 5) is 28.4. The minimum atomic E-state index is -0.665. The van der Waals surface area contributed by atoms with Crippen LogP contribution in [0.4, 0.5) is 5.69 Å². The maximum atomic E-state index is 13.1. The first-order valence-corrected chi connectivity index (χ1v) is 11.5. The fraction of sp³-hybridized carbons (Fsp3) is 0.400. The number of amides is 1. The summed E-state index contributed by atoms with van der Waals surface area (Å²) in [6, 6.07) is 11.3. The van der Waals surface area contributed by atoms with Crippen LogP contribution in [0.5, 0.6) is 0 Å². The second-order valence-electron chi connectivity index (χ2n) is 8.32. The van der Waals surface area contributed by atoms with Crippen LogP contribution >= 0.6 is 0 Å². The van der Waals surface area contributed by atoms with Gasteiger partial charge in [0.25, 0.3) is 5.56 Å². The number of nitrogens with one attached hydrogen (secondary N) is 1. The number of fused-ring (bicyclic) bond motifs is 3. The maximum absolute atomic E-state index is 13.1. The molecule has 0 aliphatic carbocycles. The quantitative estimate of drug-likeness (QED) is 0.393. The summed E-state index contributed by atoms with van der Waals surface area (Å²) in [5.74, 6) is 0.439. The van der Waals surface area contributed by atoms with E-state index >= 15 is 0 Å². The highest BCUT2D eigenvalue weighted by molar-refractivity contribution is 5.83. The maximum Gasteiger partial charge on any atom is 0.291 e. The molecular weight excluding hydrogens is 418 g/mol. The predicted molar refractivity (Wildman–Crippen MR) is 130 cm³/mol. The Morgan fingerprint density at radius 1 is 1.18 bits per heavy atom. The third kappa shape index (κ3) is 4.37. The molecule has 8 heteroatoms. The molecule has 4 rings (SSSR count). The lowest BCUT2D eigenvalue weighted by atomic mass is 10.2. The first-order valence-electron chi connectivity index (χ1n) is 11.5. The molecule has 174 valence electrons. The average molecular weight is 450 g/mol. The third-order valence-corrected chi connectivity index (χ3v) is 6.06. The molecule has 4 aromatic rings. The summed E-state index contributed by atoms with van der Waals surface area (Å²) in [7, 11) is 0. The molecule has 1 aromatic carbocycles. The summed E-state index contributed by atoms with van der Waals surface area (Å²) in [5, 5.41) is 7.47. The van der Waals surface area contributed by atoms with Gasteiger partial charge < -0.3 is 14.6 Å². The van der Waals surface area contributed by atoms with Gasteiger partial charge in [0, 0.05) is 37.5 Å². The van der Waals surface area contributed by atoms with Gasteiger partial charge >= 0.3 is 0 Å². The van der Waals surface area contributed by atoms with Crippen LogP contribution in [0.2, 0.25) is 0 Å². The molecule has 0 unspecified atom stereocenters. The zero-order chi connectivity index (χ0) is 23.5. The number of carbonyl (C=O) groups is 1. The first kappa shape index (κ1) is 22.6. The van der Waals surface area contributed by atoms with Crippen LogP contribution in [0.25, 0.3) is 16.6 Å². The van der Waals surface area contributed by atoms with E-state index in [1.54, 1.807) is 22.8 Å². The molecule has 0 saturated heterocycles. The normalized spacial score (nSPS) is 12.4. The van der Waals surface area contributed by atoms with Gasteiger partial charge in [-0.25, -0.2) is 4.68 Å². The molecule has 3 aromatic heterocycles. The summed E-state index contributed by atoms with van der Waals surface area (Å²) < 4.78 is 8.52. The number of anilines is 1. The molecule has 0 bridgehead atoms. The van der Waals surface area contributed by atoms with Crippen molar-refractivity contribution in [1.29, 1.82) is 0 Å². The highest BCUT2D eigenvalue weighted by atomic mass is 16.3. The molecule has 1 amide bonds. The summed E-state index contributed by atoms with van der Waals surface area (Å²) in [6.07, 6.45) is 2.86. The van der Waals surface area contributed by atoms with Crippen LogP contribution in [0.1, 0.15) is 44.1 Å². The van der Waals surface area contributed by atoms with E-state index in [0.717, 1.165) is 25.0 Å². The van der Waals surface area contributed by atoms with Crippen molar-refractivity contribution in [3.8, 4) is 0 Å². The predicted octanol–water partition coefficient (Wildman–Crippen LogP) is 3.84. The largest absolute Gasteiger partial charge is 0.463 e. The average Bonchev–Trinajstić information content (AvgIpc) is 3.39. The van der Waals surface area contributed by atoms with Crippen LogP contribution < -0.4 is 15.8 Å². The topological polar surface area (TPSA) is 84.8 Å². The number of hydrogen-bond donors (Lipinski definition) is 1. The monoisotopic (exact) mass is 449 g/mol. The standard InChI is InChI=1S/C25H31N5O3/c1-5-20(24(31)26-12-8-13-28(6-2)19-10-7-9-17(3)15-19)30-25(32)22-16-23-21(11-14-33-23)29(22)18(4)27-30/h7,9-11,14-16,20H,5-6,8,12-13H2,1-4H3,(H,26,31)/t20-/m0/s1. The van der Waals surface area contributed by atoms with E-state index in [0.29, 0.717) is 29.9 Å². The molecule has 0 spiro atoms. The van der Waals surface area contributed by atoms with Crippen LogP contribution in [-0.4, -0.2) is 39.7 Å². The van der Waals surface area contributed by atoms with Gasteiger partial charge in [-0.15, -0.1) is 0 Å². The minimum Gasteiger partial charge on any atom is -0.463 e. The SMILES string of the molecule is CC[C@@H](C(=O)NCCCN(CC)c1cccc(C)c1)n1nc(C)n2c(cc3occc32)c1=O. The molecule has 0 fully saturated rings. The summed E-state index contributed by atoms with van der Waals surface area (Å²) >= 11 is 0. The molecule has 8 nitrogen and oxygen atoms in total. The lowest BCUT2D eigenvalue weighted by Gasteiger charge is -2.24.